The van der Waals surface area contributed by atoms with E-state index in [2.05, 4.69) is 26.1 Å². The summed E-state index contributed by atoms with van der Waals surface area (Å²) >= 11 is 0. The fraction of sp³-hybridized carbons (Fsp3) is 0.538. The summed E-state index contributed by atoms with van der Waals surface area (Å²) in [6, 6.07) is 5.14. The number of aryl methyl sites for hydroxylation is 1. The van der Waals surface area contributed by atoms with Crippen molar-refractivity contribution in [3.63, 3.8) is 0 Å². The Kier molecular flexibility index (Phi) is 4.49. The van der Waals surface area contributed by atoms with Crippen LogP contribution in [0, 0.1) is 28.9 Å². The third kappa shape index (κ3) is 3.73. The SMILES string of the molecule is Cc1ccc([N+](=O)[O-])c(NCC(C)C(C)C)c1. The van der Waals surface area contributed by atoms with Crippen LogP contribution in [0.5, 0.6) is 0 Å². The molecule has 94 valence electrons. The van der Waals surface area contributed by atoms with E-state index in [9.17, 15) is 10.1 Å². The van der Waals surface area contributed by atoms with Crippen LogP contribution in [0.4, 0.5) is 11.4 Å². The van der Waals surface area contributed by atoms with Gasteiger partial charge in [0.05, 0.1) is 4.92 Å². The molecule has 1 atom stereocenters. The molecule has 0 aromatic heterocycles. The second kappa shape index (κ2) is 5.66. The van der Waals surface area contributed by atoms with Crippen molar-refractivity contribution in [3.05, 3.63) is 33.9 Å². The van der Waals surface area contributed by atoms with Gasteiger partial charge in [0.25, 0.3) is 5.69 Å². The van der Waals surface area contributed by atoms with Crippen LogP contribution in [0.3, 0.4) is 0 Å². The zero-order valence-electron chi connectivity index (χ0n) is 10.9. The number of rotatable bonds is 5. The minimum Gasteiger partial charge on any atom is -0.379 e. The first-order chi connectivity index (χ1) is 7.91. The molecule has 1 aromatic rings. The molecule has 0 spiro atoms. The Hall–Kier alpha value is -1.58. The van der Waals surface area contributed by atoms with Crippen LogP contribution in [0.2, 0.25) is 0 Å². The third-order valence-corrected chi connectivity index (χ3v) is 3.10. The summed E-state index contributed by atoms with van der Waals surface area (Å²) in [4.78, 5) is 10.5. The monoisotopic (exact) mass is 236 g/mol. The van der Waals surface area contributed by atoms with E-state index in [-0.39, 0.29) is 10.6 Å². The number of nitrogens with one attached hydrogen (secondary N) is 1. The van der Waals surface area contributed by atoms with Gasteiger partial charge in [-0.1, -0.05) is 26.8 Å². The highest BCUT2D eigenvalue weighted by Crippen LogP contribution is 2.25. The molecule has 0 aliphatic heterocycles. The maximum Gasteiger partial charge on any atom is 0.292 e. The molecule has 0 fully saturated rings. The summed E-state index contributed by atoms with van der Waals surface area (Å²) < 4.78 is 0. The van der Waals surface area contributed by atoms with Gasteiger partial charge in [-0.15, -0.1) is 0 Å². The average Bonchev–Trinajstić information content (AvgIpc) is 2.25. The summed E-state index contributed by atoms with van der Waals surface area (Å²) in [6.45, 7) is 9.12. The Morgan fingerprint density at radius 2 is 2.00 bits per heavy atom. The molecule has 0 saturated heterocycles. The highest BCUT2D eigenvalue weighted by Gasteiger charge is 2.14. The third-order valence-electron chi connectivity index (χ3n) is 3.10. The molecule has 4 nitrogen and oxygen atoms in total. The van der Waals surface area contributed by atoms with Crippen molar-refractivity contribution in [2.45, 2.75) is 27.7 Å². The molecule has 0 saturated carbocycles. The molecular weight excluding hydrogens is 216 g/mol. The Morgan fingerprint density at radius 1 is 1.35 bits per heavy atom. The van der Waals surface area contributed by atoms with E-state index in [1.54, 1.807) is 12.1 Å². The van der Waals surface area contributed by atoms with Crippen LogP contribution >= 0.6 is 0 Å². The van der Waals surface area contributed by atoms with Crippen LogP contribution in [0.15, 0.2) is 18.2 Å². The minimum atomic E-state index is -0.345. The van der Waals surface area contributed by atoms with Gasteiger partial charge in [0.2, 0.25) is 0 Å². The van der Waals surface area contributed by atoms with Gasteiger partial charge in [-0.05, 0) is 30.4 Å². The van der Waals surface area contributed by atoms with Crippen LogP contribution in [-0.2, 0) is 0 Å². The average molecular weight is 236 g/mol. The number of benzene rings is 1. The fourth-order valence-electron chi connectivity index (χ4n) is 1.46. The molecule has 4 heteroatoms. The van der Waals surface area contributed by atoms with E-state index < -0.39 is 0 Å². The van der Waals surface area contributed by atoms with Crippen molar-refractivity contribution in [3.8, 4) is 0 Å². The van der Waals surface area contributed by atoms with Gasteiger partial charge in [0, 0.05) is 12.6 Å². The lowest BCUT2D eigenvalue weighted by molar-refractivity contribution is -0.384. The second-order valence-corrected chi connectivity index (χ2v) is 4.88. The lowest BCUT2D eigenvalue weighted by Crippen LogP contribution is -2.16. The van der Waals surface area contributed by atoms with Crippen molar-refractivity contribution >= 4 is 11.4 Å². The first-order valence-electron chi connectivity index (χ1n) is 5.90. The predicted octanol–water partition coefficient (Wildman–Crippen LogP) is 3.61. The van der Waals surface area contributed by atoms with E-state index in [1.807, 2.05) is 13.0 Å². The maximum absolute atomic E-state index is 10.9. The molecule has 0 aliphatic carbocycles. The highest BCUT2D eigenvalue weighted by atomic mass is 16.6. The molecule has 1 aromatic carbocycles. The van der Waals surface area contributed by atoms with E-state index in [4.69, 9.17) is 0 Å². The van der Waals surface area contributed by atoms with Gasteiger partial charge >= 0.3 is 0 Å². The molecule has 1 N–H and O–H groups in total. The number of nitro groups is 1. The van der Waals surface area contributed by atoms with Crippen molar-refractivity contribution < 1.29 is 4.92 Å². The number of hydrogen-bond donors (Lipinski definition) is 1. The molecule has 1 rings (SSSR count). The van der Waals surface area contributed by atoms with Gasteiger partial charge in [-0.25, -0.2) is 0 Å². The lowest BCUT2D eigenvalue weighted by atomic mass is 9.98. The molecule has 17 heavy (non-hydrogen) atoms. The smallest absolute Gasteiger partial charge is 0.292 e. The number of hydrogen-bond acceptors (Lipinski definition) is 3. The van der Waals surface area contributed by atoms with E-state index in [0.29, 0.717) is 17.5 Å². The van der Waals surface area contributed by atoms with Crippen molar-refractivity contribution in [1.82, 2.24) is 0 Å². The van der Waals surface area contributed by atoms with Crippen molar-refractivity contribution in [2.75, 3.05) is 11.9 Å². The molecular formula is C13H20N2O2. The van der Waals surface area contributed by atoms with Gasteiger partial charge in [-0.3, -0.25) is 10.1 Å². The van der Waals surface area contributed by atoms with Gasteiger partial charge in [0.15, 0.2) is 0 Å². The zero-order valence-corrected chi connectivity index (χ0v) is 10.9. The number of anilines is 1. The molecule has 0 bridgehead atoms. The number of nitro benzene ring substituents is 1. The Morgan fingerprint density at radius 3 is 2.53 bits per heavy atom. The van der Waals surface area contributed by atoms with Gasteiger partial charge in [-0.2, -0.15) is 0 Å². The van der Waals surface area contributed by atoms with Gasteiger partial charge < -0.3 is 5.32 Å². The van der Waals surface area contributed by atoms with Gasteiger partial charge in [0.1, 0.15) is 5.69 Å². The largest absolute Gasteiger partial charge is 0.379 e. The Balaban J connectivity index is 2.82. The van der Waals surface area contributed by atoms with Crippen LogP contribution < -0.4 is 5.32 Å². The second-order valence-electron chi connectivity index (χ2n) is 4.88. The Labute approximate surface area is 102 Å². The standard InChI is InChI=1S/C13H20N2O2/c1-9(2)11(4)8-14-12-7-10(3)5-6-13(12)15(16)17/h5-7,9,11,14H,8H2,1-4H3. The summed E-state index contributed by atoms with van der Waals surface area (Å²) in [7, 11) is 0. The highest BCUT2D eigenvalue weighted by molar-refractivity contribution is 5.62. The van der Waals surface area contributed by atoms with E-state index >= 15 is 0 Å². The molecule has 0 heterocycles. The molecule has 1 unspecified atom stereocenters. The number of nitrogens with zero attached hydrogens (tertiary/aromatic N) is 1. The first kappa shape index (κ1) is 13.5. The maximum atomic E-state index is 10.9. The predicted molar refractivity (Wildman–Crippen MR) is 70.3 cm³/mol. The zero-order chi connectivity index (χ0) is 13.0. The van der Waals surface area contributed by atoms with Crippen LogP contribution in [0.25, 0.3) is 0 Å². The van der Waals surface area contributed by atoms with E-state index in [0.717, 1.165) is 12.1 Å². The summed E-state index contributed by atoms with van der Waals surface area (Å²) in [5.41, 5.74) is 1.78. The topological polar surface area (TPSA) is 55.2 Å². The molecule has 0 radical (unpaired) electrons. The summed E-state index contributed by atoms with van der Waals surface area (Å²) in [5, 5.41) is 14.1. The van der Waals surface area contributed by atoms with Crippen molar-refractivity contribution in [2.24, 2.45) is 11.8 Å². The normalized spacial score (nSPS) is 12.5. The molecule has 0 aliphatic rings. The Bertz CT molecular complexity index is 402. The van der Waals surface area contributed by atoms with Crippen LogP contribution in [0.1, 0.15) is 26.3 Å². The van der Waals surface area contributed by atoms with E-state index in [1.165, 1.54) is 0 Å². The fourth-order valence-corrected chi connectivity index (χ4v) is 1.46. The minimum absolute atomic E-state index is 0.145. The first-order valence-corrected chi connectivity index (χ1v) is 5.90. The summed E-state index contributed by atoms with van der Waals surface area (Å²) in [6.07, 6.45) is 0. The quantitative estimate of drug-likeness (QED) is 0.627. The summed E-state index contributed by atoms with van der Waals surface area (Å²) in [5.74, 6) is 1.04. The van der Waals surface area contributed by atoms with Crippen molar-refractivity contribution in [1.29, 1.82) is 0 Å². The lowest BCUT2D eigenvalue weighted by Gasteiger charge is -2.17. The van der Waals surface area contributed by atoms with Crippen LogP contribution in [-0.4, -0.2) is 11.5 Å². The molecule has 0 amide bonds.